The highest BCUT2D eigenvalue weighted by Crippen LogP contribution is 2.57. The summed E-state index contributed by atoms with van der Waals surface area (Å²) in [6.45, 7) is 9.64. The number of hydrogen-bond donors (Lipinski definition) is 0. The molecular formula is C40H46ClNO4S. The van der Waals surface area contributed by atoms with E-state index in [-0.39, 0.29) is 23.7 Å². The summed E-state index contributed by atoms with van der Waals surface area (Å²) in [5.41, 5.74) is 4.40. The molecule has 0 radical (unpaired) electrons. The van der Waals surface area contributed by atoms with Gasteiger partial charge in [-0.3, -0.25) is 0 Å². The van der Waals surface area contributed by atoms with Crippen molar-refractivity contribution in [3.05, 3.63) is 136 Å². The molecule has 3 aromatic carbocycles. The van der Waals surface area contributed by atoms with Crippen molar-refractivity contribution in [2.75, 3.05) is 6.61 Å². The standard InChI is InChI=1S/C36H34ClNO4S.2C2H6/c37-31-14-13-27(18-30(31)36(15-16-36)35-38-21-34(43-35)32-12-7-17-40-32)33-20-28(41-23-26-10-5-2-6-11-26)19-29(42-33)24-39-22-25-8-3-1-4-9-25;2*1-2/h1-14,17-18,21,28-29,33H,15-16,19-20,22-24H2;2*1-2H3. The summed E-state index contributed by atoms with van der Waals surface area (Å²) in [5, 5.41) is 1.85. The lowest BCUT2D eigenvalue weighted by molar-refractivity contribution is -0.142. The van der Waals surface area contributed by atoms with Crippen LogP contribution >= 0.6 is 22.9 Å². The van der Waals surface area contributed by atoms with Gasteiger partial charge in [-0.15, -0.1) is 11.3 Å². The fourth-order valence-corrected chi connectivity index (χ4v) is 7.41. The quantitative estimate of drug-likeness (QED) is 0.140. The summed E-state index contributed by atoms with van der Waals surface area (Å²) in [5.74, 6) is 0.845. The Kier molecular flexibility index (Phi) is 12.9. The fraction of sp³-hybridized carbons (Fsp3) is 0.375. The van der Waals surface area contributed by atoms with E-state index in [9.17, 15) is 0 Å². The first-order chi connectivity index (χ1) is 23.2. The van der Waals surface area contributed by atoms with Crippen LogP contribution in [0.5, 0.6) is 0 Å². The van der Waals surface area contributed by atoms with E-state index < -0.39 is 0 Å². The zero-order valence-corrected chi connectivity index (χ0v) is 29.4. The molecule has 3 unspecified atom stereocenters. The van der Waals surface area contributed by atoms with Gasteiger partial charge in [0.15, 0.2) is 0 Å². The van der Waals surface area contributed by atoms with Gasteiger partial charge < -0.3 is 18.6 Å². The number of aromatic nitrogens is 1. The third-order valence-electron chi connectivity index (χ3n) is 8.41. The number of halogens is 1. The lowest BCUT2D eigenvalue weighted by atomic mass is 9.90. The Balaban J connectivity index is 0.00000105. The maximum Gasteiger partial charge on any atom is 0.145 e. The number of ether oxygens (including phenoxy) is 3. The van der Waals surface area contributed by atoms with Crippen molar-refractivity contribution < 1.29 is 18.6 Å². The highest BCUT2D eigenvalue weighted by atomic mass is 35.5. The van der Waals surface area contributed by atoms with Crippen molar-refractivity contribution in [1.29, 1.82) is 0 Å². The first kappa shape index (κ1) is 35.1. The molecule has 5 nitrogen and oxygen atoms in total. The molecule has 0 amide bonds. The molecule has 47 heavy (non-hydrogen) atoms. The summed E-state index contributed by atoms with van der Waals surface area (Å²) in [7, 11) is 0. The van der Waals surface area contributed by atoms with Gasteiger partial charge >= 0.3 is 0 Å². The number of furan rings is 1. The van der Waals surface area contributed by atoms with Crippen molar-refractivity contribution in [2.24, 2.45) is 0 Å². The highest BCUT2D eigenvalue weighted by Gasteiger charge is 2.50. The minimum atomic E-state index is -0.168. The smallest absolute Gasteiger partial charge is 0.145 e. The van der Waals surface area contributed by atoms with Crippen molar-refractivity contribution in [1.82, 2.24) is 4.98 Å². The molecule has 3 atom stereocenters. The van der Waals surface area contributed by atoms with Crippen molar-refractivity contribution in [3.63, 3.8) is 0 Å². The lowest BCUT2D eigenvalue weighted by Gasteiger charge is -2.36. The Morgan fingerprint density at radius 1 is 0.851 bits per heavy atom. The second kappa shape index (κ2) is 17.2. The van der Waals surface area contributed by atoms with Crippen molar-refractivity contribution in [2.45, 2.75) is 90.3 Å². The van der Waals surface area contributed by atoms with Crippen LogP contribution in [-0.4, -0.2) is 23.8 Å². The molecule has 1 aliphatic heterocycles. The van der Waals surface area contributed by atoms with Crippen LogP contribution in [0.2, 0.25) is 5.02 Å². The molecule has 0 spiro atoms. The Labute approximate surface area is 288 Å². The van der Waals surface area contributed by atoms with E-state index in [4.69, 9.17) is 35.2 Å². The molecule has 0 N–H and O–H groups in total. The van der Waals surface area contributed by atoms with E-state index >= 15 is 0 Å². The Bertz CT molecular complexity index is 1620. The van der Waals surface area contributed by atoms with Crippen LogP contribution in [0, 0.1) is 0 Å². The van der Waals surface area contributed by atoms with Gasteiger partial charge in [0, 0.05) is 29.5 Å². The first-order valence-corrected chi connectivity index (χ1v) is 18.1. The van der Waals surface area contributed by atoms with Gasteiger partial charge in [0.25, 0.3) is 0 Å². The Morgan fingerprint density at radius 3 is 2.21 bits per heavy atom. The SMILES string of the molecule is CC.CC.Clc1ccc(C2CC(OCc3ccccc3)CC(COCc3ccccc3)O2)cc1C1(c2ncc(-c3ccco3)s2)CC1. The normalized spacial score (nSPS) is 19.6. The van der Waals surface area contributed by atoms with Crippen LogP contribution in [0.25, 0.3) is 10.6 Å². The third kappa shape index (κ3) is 8.81. The second-order valence-electron chi connectivity index (χ2n) is 11.5. The molecule has 2 fully saturated rings. The topological polar surface area (TPSA) is 53.7 Å². The number of nitrogens with zero attached hydrogens (tertiary/aromatic N) is 1. The zero-order valence-electron chi connectivity index (χ0n) is 27.9. The Morgan fingerprint density at radius 2 is 1.55 bits per heavy atom. The minimum Gasteiger partial charge on any atom is -0.463 e. The van der Waals surface area contributed by atoms with Crippen LogP contribution < -0.4 is 0 Å². The molecule has 3 heterocycles. The van der Waals surface area contributed by atoms with Gasteiger partial charge in [-0.2, -0.15) is 0 Å². The van der Waals surface area contributed by atoms with E-state index in [2.05, 4.69) is 48.5 Å². The zero-order chi connectivity index (χ0) is 33.1. The maximum atomic E-state index is 6.89. The number of benzene rings is 3. The van der Waals surface area contributed by atoms with Crippen LogP contribution in [0.1, 0.15) is 86.7 Å². The van der Waals surface area contributed by atoms with Crippen LogP contribution in [-0.2, 0) is 32.8 Å². The fourth-order valence-electron chi connectivity index (χ4n) is 5.96. The average Bonchev–Trinajstić information content (AvgIpc) is 3.48. The molecule has 5 aromatic rings. The molecule has 1 saturated heterocycles. The summed E-state index contributed by atoms with van der Waals surface area (Å²) in [6, 6.07) is 30.8. The third-order valence-corrected chi connectivity index (χ3v) is 9.96. The van der Waals surface area contributed by atoms with E-state index in [1.807, 2.05) is 76.4 Å². The van der Waals surface area contributed by atoms with Gasteiger partial charge in [0.05, 0.1) is 49.3 Å². The van der Waals surface area contributed by atoms with Gasteiger partial charge in [-0.1, -0.05) is 112 Å². The van der Waals surface area contributed by atoms with Crippen molar-refractivity contribution >= 4 is 22.9 Å². The minimum absolute atomic E-state index is 0.0492. The molecule has 0 bridgehead atoms. The molecule has 7 heteroatoms. The van der Waals surface area contributed by atoms with E-state index in [0.29, 0.717) is 19.8 Å². The predicted octanol–water partition coefficient (Wildman–Crippen LogP) is 11.2. The number of thiazole rings is 1. The molecule has 2 aliphatic rings. The summed E-state index contributed by atoms with van der Waals surface area (Å²) < 4.78 is 24.9. The first-order valence-electron chi connectivity index (χ1n) is 16.9. The van der Waals surface area contributed by atoms with Crippen molar-refractivity contribution in [3.8, 4) is 10.6 Å². The molecule has 7 rings (SSSR count). The van der Waals surface area contributed by atoms with Gasteiger partial charge in [0.2, 0.25) is 0 Å². The van der Waals surface area contributed by atoms with Gasteiger partial charge in [-0.25, -0.2) is 4.98 Å². The van der Waals surface area contributed by atoms with E-state index in [1.54, 1.807) is 17.6 Å². The van der Waals surface area contributed by atoms with Crippen LogP contribution in [0.4, 0.5) is 0 Å². The average molecular weight is 672 g/mol. The van der Waals surface area contributed by atoms with Gasteiger partial charge in [-0.05, 0) is 53.3 Å². The van der Waals surface area contributed by atoms with Crippen LogP contribution in [0.3, 0.4) is 0 Å². The summed E-state index contributed by atoms with van der Waals surface area (Å²) >= 11 is 8.58. The maximum absolute atomic E-state index is 6.89. The molecule has 1 aliphatic carbocycles. The van der Waals surface area contributed by atoms with E-state index in [1.165, 1.54) is 5.56 Å². The van der Waals surface area contributed by atoms with E-state index in [0.717, 1.165) is 63.0 Å². The largest absolute Gasteiger partial charge is 0.463 e. The molecule has 248 valence electrons. The molecular weight excluding hydrogens is 626 g/mol. The number of rotatable bonds is 11. The lowest BCUT2D eigenvalue weighted by Crippen LogP contribution is -2.35. The highest BCUT2D eigenvalue weighted by molar-refractivity contribution is 7.15. The molecule has 2 aromatic heterocycles. The summed E-state index contributed by atoms with van der Waals surface area (Å²) in [6.07, 6.45) is 7.06. The monoisotopic (exact) mass is 671 g/mol. The molecule has 1 saturated carbocycles. The van der Waals surface area contributed by atoms with Gasteiger partial charge in [0.1, 0.15) is 10.8 Å². The predicted molar refractivity (Wildman–Crippen MR) is 192 cm³/mol. The number of hydrogen-bond acceptors (Lipinski definition) is 6. The van der Waals surface area contributed by atoms with Crippen LogP contribution in [0.15, 0.2) is 108 Å². The second-order valence-corrected chi connectivity index (χ2v) is 12.9. The Hall–Kier alpha value is -3.26. The summed E-state index contributed by atoms with van der Waals surface area (Å²) in [4.78, 5) is 5.87.